The van der Waals surface area contributed by atoms with Gasteiger partial charge in [0.15, 0.2) is 5.82 Å². The molecule has 1 amide bonds. The van der Waals surface area contributed by atoms with Gasteiger partial charge in [-0.15, -0.1) is 10.2 Å². The van der Waals surface area contributed by atoms with Crippen LogP contribution in [0.15, 0.2) is 79.0 Å². The lowest BCUT2D eigenvalue weighted by Gasteiger charge is -2.08. The molecule has 7 nitrogen and oxygen atoms in total. The summed E-state index contributed by atoms with van der Waals surface area (Å²) in [6.45, 7) is 1.91. The van der Waals surface area contributed by atoms with Gasteiger partial charge in [0.05, 0.1) is 5.69 Å². The highest BCUT2D eigenvalue weighted by molar-refractivity contribution is 5.90. The number of nitrogens with one attached hydrogen (secondary N) is 1. The Labute approximate surface area is 180 Å². The minimum atomic E-state index is -0.0000804. The summed E-state index contributed by atoms with van der Waals surface area (Å²) in [7, 11) is 0. The highest BCUT2D eigenvalue weighted by atomic mass is 16.5. The van der Waals surface area contributed by atoms with Gasteiger partial charge in [0.1, 0.15) is 5.75 Å². The van der Waals surface area contributed by atoms with Gasteiger partial charge in [-0.1, -0.05) is 30.3 Å². The van der Waals surface area contributed by atoms with Crippen LogP contribution >= 0.6 is 0 Å². The van der Waals surface area contributed by atoms with E-state index in [-0.39, 0.29) is 5.91 Å². The van der Waals surface area contributed by atoms with E-state index < -0.39 is 0 Å². The maximum absolute atomic E-state index is 12.2. The summed E-state index contributed by atoms with van der Waals surface area (Å²) in [6.07, 6.45) is 4.00. The van der Waals surface area contributed by atoms with Crippen LogP contribution < -0.4 is 10.1 Å². The molecule has 4 rings (SSSR count). The number of nitrogens with zero attached hydrogens (tertiary/aromatic N) is 4. The van der Waals surface area contributed by atoms with Gasteiger partial charge in [0.25, 0.3) is 0 Å². The highest BCUT2D eigenvalue weighted by Gasteiger charge is 2.06. The minimum absolute atomic E-state index is 0.0000804. The van der Waals surface area contributed by atoms with E-state index in [9.17, 15) is 4.79 Å². The molecular formula is C24H23N5O2. The Hall–Kier alpha value is -4.00. The summed E-state index contributed by atoms with van der Waals surface area (Å²) in [5.74, 6) is 1.61. The SMILES string of the molecule is Cc1ccn(-c2ccc(Oc3ccc(NC(=O)CCCc4ccccc4)cc3)nn2)n1. The molecule has 0 fully saturated rings. The normalized spacial score (nSPS) is 10.6. The Morgan fingerprint density at radius 1 is 0.968 bits per heavy atom. The van der Waals surface area contributed by atoms with Gasteiger partial charge in [-0.3, -0.25) is 4.79 Å². The van der Waals surface area contributed by atoms with E-state index in [1.54, 1.807) is 41.1 Å². The molecule has 0 radical (unpaired) electrons. The molecule has 2 aromatic carbocycles. The van der Waals surface area contributed by atoms with Gasteiger partial charge < -0.3 is 10.1 Å². The molecule has 4 aromatic rings. The van der Waals surface area contributed by atoms with Crippen LogP contribution in [-0.2, 0) is 11.2 Å². The molecule has 0 spiro atoms. The minimum Gasteiger partial charge on any atom is -0.438 e. The van der Waals surface area contributed by atoms with Crippen LogP contribution in [0.2, 0.25) is 0 Å². The van der Waals surface area contributed by atoms with Crippen molar-refractivity contribution in [2.24, 2.45) is 0 Å². The summed E-state index contributed by atoms with van der Waals surface area (Å²) < 4.78 is 7.39. The van der Waals surface area contributed by atoms with Crippen molar-refractivity contribution in [2.75, 3.05) is 5.32 Å². The lowest BCUT2D eigenvalue weighted by Crippen LogP contribution is -2.11. The van der Waals surface area contributed by atoms with Gasteiger partial charge in [0, 0.05) is 24.4 Å². The van der Waals surface area contributed by atoms with Crippen LogP contribution in [0, 0.1) is 6.92 Å². The van der Waals surface area contributed by atoms with Crippen molar-refractivity contribution in [3.8, 4) is 17.4 Å². The third kappa shape index (κ3) is 5.76. The predicted molar refractivity (Wildman–Crippen MR) is 118 cm³/mol. The van der Waals surface area contributed by atoms with Crippen LogP contribution in [0.3, 0.4) is 0 Å². The van der Waals surface area contributed by atoms with E-state index in [4.69, 9.17) is 4.74 Å². The van der Waals surface area contributed by atoms with E-state index in [0.29, 0.717) is 23.9 Å². The molecule has 0 saturated carbocycles. The van der Waals surface area contributed by atoms with E-state index in [0.717, 1.165) is 24.2 Å². The second-order valence-corrected chi connectivity index (χ2v) is 7.15. The molecule has 0 saturated heterocycles. The van der Waals surface area contributed by atoms with Crippen molar-refractivity contribution in [1.82, 2.24) is 20.0 Å². The summed E-state index contributed by atoms with van der Waals surface area (Å²) in [6, 6.07) is 22.8. The molecule has 0 aliphatic carbocycles. The fraction of sp³-hybridized carbons (Fsp3) is 0.167. The van der Waals surface area contributed by atoms with Crippen LogP contribution in [0.4, 0.5) is 5.69 Å². The van der Waals surface area contributed by atoms with Crippen molar-refractivity contribution in [1.29, 1.82) is 0 Å². The Kier molecular flexibility index (Phi) is 6.32. The highest BCUT2D eigenvalue weighted by Crippen LogP contribution is 2.21. The van der Waals surface area contributed by atoms with Crippen LogP contribution in [0.1, 0.15) is 24.1 Å². The van der Waals surface area contributed by atoms with Crippen LogP contribution in [0.25, 0.3) is 5.82 Å². The fourth-order valence-electron chi connectivity index (χ4n) is 3.08. The maximum Gasteiger partial charge on any atom is 0.238 e. The predicted octanol–water partition coefficient (Wildman–Crippen LogP) is 4.72. The lowest BCUT2D eigenvalue weighted by atomic mass is 10.1. The number of hydrogen-bond donors (Lipinski definition) is 1. The van der Waals surface area contributed by atoms with Gasteiger partial charge in [-0.25, -0.2) is 4.68 Å². The van der Waals surface area contributed by atoms with Gasteiger partial charge in [-0.2, -0.15) is 5.10 Å². The van der Waals surface area contributed by atoms with E-state index >= 15 is 0 Å². The molecule has 0 unspecified atom stereocenters. The summed E-state index contributed by atoms with van der Waals surface area (Å²) in [5.41, 5.74) is 2.88. The van der Waals surface area contributed by atoms with Crippen molar-refractivity contribution < 1.29 is 9.53 Å². The van der Waals surface area contributed by atoms with Gasteiger partial charge >= 0.3 is 0 Å². The van der Waals surface area contributed by atoms with Crippen molar-refractivity contribution in [2.45, 2.75) is 26.2 Å². The number of carbonyl (C=O) groups excluding carboxylic acids is 1. The number of benzene rings is 2. The number of ether oxygens (including phenoxy) is 1. The molecule has 0 aliphatic rings. The number of aromatic nitrogens is 4. The number of hydrogen-bond acceptors (Lipinski definition) is 5. The Balaban J connectivity index is 1.26. The molecule has 7 heteroatoms. The van der Waals surface area contributed by atoms with E-state index in [1.165, 1.54) is 5.56 Å². The monoisotopic (exact) mass is 413 g/mol. The van der Waals surface area contributed by atoms with Crippen molar-refractivity contribution >= 4 is 11.6 Å². The van der Waals surface area contributed by atoms with Crippen molar-refractivity contribution in [3.05, 3.63) is 90.3 Å². The fourth-order valence-corrected chi connectivity index (χ4v) is 3.08. The van der Waals surface area contributed by atoms with Crippen LogP contribution in [-0.4, -0.2) is 25.9 Å². The third-order valence-electron chi connectivity index (χ3n) is 4.66. The van der Waals surface area contributed by atoms with Crippen molar-refractivity contribution in [3.63, 3.8) is 0 Å². The maximum atomic E-state index is 12.2. The summed E-state index contributed by atoms with van der Waals surface area (Å²) in [4.78, 5) is 12.2. The molecule has 0 aliphatic heterocycles. The topological polar surface area (TPSA) is 81.9 Å². The van der Waals surface area contributed by atoms with Gasteiger partial charge in [-0.05, 0) is 61.7 Å². The van der Waals surface area contributed by atoms with E-state index in [1.807, 2.05) is 37.4 Å². The first-order valence-electron chi connectivity index (χ1n) is 10.1. The summed E-state index contributed by atoms with van der Waals surface area (Å²) >= 11 is 0. The average molecular weight is 413 g/mol. The third-order valence-corrected chi connectivity index (χ3v) is 4.66. The molecule has 2 heterocycles. The molecule has 0 atom stereocenters. The molecule has 2 aromatic heterocycles. The largest absolute Gasteiger partial charge is 0.438 e. The average Bonchev–Trinajstić information content (AvgIpc) is 3.23. The Morgan fingerprint density at radius 2 is 1.77 bits per heavy atom. The Morgan fingerprint density at radius 3 is 2.45 bits per heavy atom. The van der Waals surface area contributed by atoms with E-state index in [2.05, 4.69) is 32.7 Å². The second-order valence-electron chi connectivity index (χ2n) is 7.15. The van der Waals surface area contributed by atoms with Gasteiger partial charge in [0.2, 0.25) is 11.8 Å². The first kappa shape index (κ1) is 20.3. The number of aryl methyl sites for hydroxylation is 2. The second kappa shape index (κ2) is 9.67. The molecule has 156 valence electrons. The molecule has 31 heavy (non-hydrogen) atoms. The standard InChI is InChI=1S/C24H23N5O2/c1-18-16-17-29(28-18)22-14-15-24(27-26-22)31-21-12-10-20(11-13-21)25-23(30)9-5-8-19-6-3-2-4-7-19/h2-4,6-7,10-17H,5,8-9H2,1H3,(H,25,30). The number of amides is 1. The first-order chi connectivity index (χ1) is 15.2. The molecule has 0 bridgehead atoms. The number of rotatable bonds is 8. The Bertz CT molecular complexity index is 1120. The zero-order chi connectivity index (χ0) is 21.5. The smallest absolute Gasteiger partial charge is 0.238 e. The first-order valence-corrected chi connectivity index (χ1v) is 10.1. The zero-order valence-electron chi connectivity index (χ0n) is 17.2. The lowest BCUT2D eigenvalue weighted by molar-refractivity contribution is -0.116. The van der Waals surface area contributed by atoms with Crippen LogP contribution in [0.5, 0.6) is 11.6 Å². The number of anilines is 1. The quantitative estimate of drug-likeness (QED) is 0.452. The zero-order valence-corrected chi connectivity index (χ0v) is 17.2. The summed E-state index contributed by atoms with van der Waals surface area (Å²) in [5, 5.41) is 15.4. The molecular weight excluding hydrogens is 390 g/mol. The number of carbonyl (C=O) groups is 1. The molecule has 1 N–H and O–H groups in total.